The minimum Gasteiger partial charge on any atom is -0.315 e. The minimum absolute atomic E-state index is 0.523. The summed E-state index contributed by atoms with van der Waals surface area (Å²) in [7, 11) is 2.17. The van der Waals surface area contributed by atoms with Crippen molar-refractivity contribution in [3.63, 3.8) is 0 Å². The first-order chi connectivity index (χ1) is 8.99. The summed E-state index contributed by atoms with van der Waals surface area (Å²) in [4.78, 5) is 6.90. The predicted octanol–water partition coefficient (Wildman–Crippen LogP) is 2.85. The molecule has 0 amide bonds. The number of hydrogen-bond acceptors (Lipinski definition) is 3. The summed E-state index contributed by atoms with van der Waals surface area (Å²) < 4.78 is 0. The third-order valence-electron chi connectivity index (χ3n) is 3.45. The Hall–Kier alpha value is -0.930. The standard InChI is InChI=1S/C16H29N3/c1-13(2)9-10-17-11-15(4)19(5)12-16-8-6-7-14(3)18-16/h6-8,13,15,17H,9-12H2,1-5H3. The maximum atomic E-state index is 4.55. The summed E-state index contributed by atoms with van der Waals surface area (Å²) in [6.07, 6.45) is 1.25. The van der Waals surface area contributed by atoms with Gasteiger partial charge in [0.25, 0.3) is 0 Å². The van der Waals surface area contributed by atoms with Crippen molar-refractivity contribution in [2.24, 2.45) is 5.92 Å². The summed E-state index contributed by atoms with van der Waals surface area (Å²) in [6, 6.07) is 6.74. The molecule has 0 spiro atoms. The Morgan fingerprint density at radius 2 is 2.00 bits per heavy atom. The van der Waals surface area contributed by atoms with Crippen LogP contribution in [0.3, 0.4) is 0 Å². The van der Waals surface area contributed by atoms with Crippen LogP contribution in [0.4, 0.5) is 0 Å². The maximum Gasteiger partial charge on any atom is 0.0547 e. The monoisotopic (exact) mass is 263 g/mol. The van der Waals surface area contributed by atoms with Gasteiger partial charge in [-0.25, -0.2) is 0 Å². The molecule has 1 rings (SSSR count). The highest BCUT2D eigenvalue weighted by molar-refractivity contribution is 5.09. The molecule has 1 aromatic heterocycles. The van der Waals surface area contributed by atoms with E-state index in [0.717, 1.165) is 36.9 Å². The van der Waals surface area contributed by atoms with Gasteiger partial charge in [-0.1, -0.05) is 19.9 Å². The fourth-order valence-corrected chi connectivity index (χ4v) is 1.96. The van der Waals surface area contributed by atoms with Gasteiger partial charge in [0.05, 0.1) is 5.69 Å². The van der Waals surface area contributed by atoms with E-state index in [4.69, 9.17) is 0 Å². The van der Waals surface area contributed by atoms with Gasteiger partial charge in [0, 0.05) is 24.8 Å². The van der Waals surface area contributed by atoms with Crippen LogP contribution in [0.15, 0.2) is 18.2 Å². The number of likely N-dealkylation sites (N-methyl/N-ethyl adjacent to an activating group) is 1. The van der Waals surface area contributed by atoms with Crippen LogP contribution < -0.4 is 5.32 Å². The first-order valence-corrected chi connectivity index (χ1v) is 7.32. The van der Waals surface area contributed by atoms with E-state index in [9.17, 15) is 0 Å². The van der Waals surface area contributed by atoms with Crippen molar-refractivity contribution in [1.29, 1.82) is 0 Å². The van der Waals surface area contributed by atoms with Gasteiger partial charge in [-0.2, -0.15) is 0 Å². The molecule has 1 heterocycles. The topological polar surface area (TPSA) is 28.2 Å². The van der Waals surface area contributed by atoms with Gasteiger partial charge in [0.15, 0.2) is 0 Å². The van der Waals surface area contributed by atoms with Crippen LogP contribution >= 0.6 is 0 Å². The van der Waals surface area contributed by atoms with Crippen LogP contribution in [0.2, 0.25) is 0 Å². The van der Waals surface area contributed by atoms with Crippen molar-refractivity contribution in [2.45, 2.75) is 46.7 Å². The van der Waals surface area contributed by atoms with Crippen molar-refractivity contribution < 1.29 is 0 Å². The molecule has 0 radical (unpaired) electrons. The van der Waals surface area contributed by atoms with Gasteiger partial charge in [-0.3, -0.25) is 9.88 Å². The van der Waals surface area contributed by atoms with Crippen molar-refractivity contribution >= 4 is 0 Å². The van der Waals surface area contributed by atoms with Crippen LogP contribution in [0, 0.1) is 12.8 Å². The van der Waals surface area contributed by atoms with Gasteiger partial charge in [-0.05, 0) is 51.9 Å². The molecule has 0 bridgehead atoms. The Balaban J connectivity index is 2.30. The summed E-state index contributed by atoms with van der Waals surface area (Å²) in [5, 5.41) is 3.53. The maximum absolute atomic E-state index is 4.55. The molecule has 0 fully saturated rings. The van der Waals surface area contributed by atoms with Crippen LogP contribution in [0.25, 0.3) is 0 Å². The molecule has 0 aromatic carbocycles. The molecule has 0 aliphatic heterocycles. The second kappa shape index (κ2) is 8.28. The molecule has 1 N–H and O–H groups in total. The average molecular weight is 263 g/mol. The van der Waals surface area contributed by atoms with E-state index in [1.165, 1.54) is 6.42 Å². The zero-order valence-electron chi connectivity index (χ0n) is 13.1. The Kier molecular flexibility index (Phi) is 7.03. The molecule has 108 valence electrons. The zero-order chi connectivity index (χ0) is 14.3. The number of aryl methyl sites for hydroxylation is 1. The van der Waals surface area contributed by atoms with Crippen LogP contribution in [0.5, 0.6) is 0 Å². The van der Waals surface area contributed by atoms with Gasteiger partial charge in [0.2, 0.25) is 0 Å². The number of pyridine rings is 1. The molecular weight excluding hydrogens is 234 g/mol. The molecule has 0 aliphatic rings. The van der Waals surface area contributed by atoms with E-state index >= 15 is 0 Å². The van der Waals surface area contributed by atoms with Crippen LogP contribution in [-0.2, 0) is 6.54 Å². The fraction of sp³-hybridized carbons (Fsp3) is 0.688. The van der Waals surface area contributed by atoms with Crippen molar-refractivity contribution in [1.82, 2.24) is 15.2 Å². The summed E-state index contributed by atoms with van der Waals surface area (Å²) in [5.74, 6) is 0.775. The third-order valence-corrected chi connectivity index (χ3v) is 3.45. The summed E-state index contributed by atoms with van der Waals surface area (Å²) >= 11 is 0. The Morgan fingerprint density at radius 3 is 2.63 bits per heavy atom. The molecule has 3 heteroatoms. The SMILES string of the molecule is Cc1cccc(CN(C)C(C)CNCCC(C)C)n1. The molecule has 3 nitrogen and oxygen atoms in total. The molecule has 0 saturated heterocycles. The number of aromatic nitrogens is 1. The lowest BCUT2D eigenvalue weighted by Crippen LogP contribution is -2.38. The second-order valence-corrected chi connectivity index (χ2v) is 5.92. The van der Waals surface area contributed by atoms with Crippen molar-refractivity contribution in [3.8, 4) is 0 Å². The summed E-state index contributed by atoms with van der Waals surface area (Å²) in [6.45, 7) is 11.9. The fourth-order valence-electron chi connectivity index (χ4n) is 1.96. The lowest BCUT2D eigenvalue weighted by Gasteiger charge is -2.25. The largest absolute Gasteiger partial charge is 0.315 e. The Labute approximate surface area is 118 Å². The molecule has 1 aromatic rings. The first kappa shape index (κ1) is 16.1. The van der Waals surface area contributed by atoms with E-state index < -0.39 is 0 Å². The van der Waals surface area contributed by atoms with E-state index in [2.05, 4.69) is 55.2 Å². The lowest BCUT2D eigenvalue weighted by molar-refractivity contribution is 0.239. The molecular formula is C16H29N3. The second-order valence-electron chi connectivity index (χ2n) is 5.92. The quantitative estimate of drug-likeness (QED) is 0.731. The Bertz CT molecular complexity index is 363. The molecule has 19 heavy (non-hydrogen) atoms. The zero-order valence-corrected chi connectivity index (χ0v) is 13.1. The highest BCUT2D eigenvalue weighted by atomic mass is 15.1. The van der Waals surface area contributed by atoms with Gasteiger partial charge in [-0.15, -0.1) is 0 Å². The first-order valence-electron chi connectivity index (χ1n) is 7.32. The number of rotatable bonds is 8. The summed E-state index contributed by atoms with van der Waals surface area (Å²) in [5.41, 5.74) is 2.24. The molecule has 0 aliphatic carbocycles. The van der Waals surface area contributed by atoms with Gasteiger partial charge >= 0.3 is 0 Å². The smallest absolute Gasteiger partial charge is 0.0547 e. The lowest BCUT2D eigenvalue weighted by atomic mass is 10.1. The minimum atomic E-state index is 0.523. The van der Waals surface area contributed by atoms with Gasteiger partial charge in [0.1, 0.15) is 0 Å². The van der Waals surface area contributed by atoms with Crippen molar-refractivity contribution in [2.75, 3.05) is 20.1 Å². The number of hydrogen-bond donors (Lipinski definition) is 1. The highest BCUT2D eigenvalue weighted by Gasteiger charge is 2.10. The van der Waals surface area contributed by atoms with E-state index in [1.807, 2.05) is 13.0 Å². The average Bonchev–Trinajstić information content (AvgIpc) is 2.34. The van der Waals surface area contributed by atoms with Crippen LogP contribution in [-0.4, -0.2) is 36.1 Å². The number of nitrogens with one attached hydrogen (secondary N) is 1. The predicted molar refractivity (Wildman–Crippen MR) is 82.2 cm³/mol. The van der Waals surface area contributed by atoms with E-state index in [0.29, 0.717) is 6.04 Å². The van der Waals surface area contributed by atoms with Crippen LogP contribution in [0.1, 0.15) is 38.6 Å². The van der Waals surface area contributed by atoms with Crippen molar-refractivity contribution in [3.05, 3.63) is 29.6 Å². The molecule has 1 atom stereocenters. The Morgan fingerprint density at radius 1 is 1.26 bits per heavy atom. The normalized spacial score (nSPS) is 13.2. The number of nitrogens with zero attached hydrogens (tertiary/aromatic N) is 2. The third kappa shape index (κ3) is 6.69. The van der Waals surface area contributed by atoms with Gasteiger partial charge < -0.3 is 5.32 Å². The van der Waals surface area contributed by atoms with E-state index in [-0.39, 0.29) is 0 Å². The molecule has 1 unspecified atom stereocenters. The van der Waals surface area contributed by atoms with E-state index in [1.54, 1.807) is 0 Å². The highest BCUT2D eigenvalue weighted by Crippen LogP contribution is 2.05. The molecule has 0 saturated carbocycles.